The monoisotopic (exact) mass is 385 g/mol. The SMILES string of the molecule is COc1cccc(-c2noc(CCC(=O)NCCc3ccc(Cl)cc3)n2)c1. The number of nitrogens with one attached hydrogen (secondary N) is 1. The lowest BCUT2D eigenvalue weighted by Crippen LogP contribution is -2.25. The first kappa shape index (κ1) is 18.9. The van der Waals surface area contributed by atoms with Crippen molar-refractivity contribution in [2.45, 2.75) is 19.3 Å². The number of methoxy groups -OCH3 is 1. The summed E-state index contributed by atoms with van der Waals surface area (Å²) in [6, 6.07) is 15.0. The van der Waals surface area contributed by atoms with Crippen LogP contribution in [0.25, 0.3) is 11.4 Å². The van der Waals surface area contributed by atoms with Crippen LogP contribution in [-0.2, 0) is 17.6 Å². The van der Waals surface area contributed by atoms with Crippen LogP contribution in [0.1, 0.15) is 17.9 Å². The van der Waals surface area contributed by atoms with Gasteiger partial charge in [-0.25, -0.2) is 0 Å². The number of nitrogens with zero attached hydrogens (tertiary/aromatic N) is 2. The summed E-state index contributed by atoms with van der Waals surface area (Å²) in [6.45, 7) is 0.569. The summed E-state index contributed by atoms with van der Waals surface area (Å²) < 4.78 is 10.4. The average molecular weight is 386 g/mol. The van der Waals surface area contributed by atoms with E-state index in [0.717, 1.165) is 23.3 Å². The van der Waals surface area contributed by atoms with Crippen molar-refractivity contribution in [2.24, 2.45) is 0 Å². The van der Waals surface area contributed by atoms with Gasteiger partial charge >= 0.3 is 0 Å². The zero-order valence-corrected chi connectivity index (χ0v) is 15.7. The number of carbonyl (C=O) groups excluding carboxylic acids is 1. The van der Waals surface area contributed by atoms with Gasteiger partial charge in [0, 0.05) is 30.0 Å². The standard InChI is InChI=1S/C20H20ClN3O3/c1-26-17-4-2-3-15(13-17)20-23-19(27-24-20)10-9-18(25)22-12-11-14-5-7-16(21)8-6-14/h2-8,13H,9-12H2,1H3,(H,22,25). The van der Waals surface area contributed by atoms with E-state index in [4.69, 9.17) is 20.9 Å². The maximum Gasteiger partial charge on any atom is 0.227 e. The molecule has 140 valence electrons. The van der Waals surface area contributed by atoms with E-state index in [0.29, 0.717) is 36.1 Å². The van der Waals surface area contributed by atoms with E-state index in [9.17, 15) is 4.79 Å². The van der Waals surface area contributed by atoms with Crippen molar-refractivity contribution in [3.05, 3.63) is 65.0 Å². The first-order chi connectivity index (χ1) is 13.1. The van der Waals surface area contributed by atoms with Gasteiger partial charge in [-0.2, -0.15) is 4.98 Å². The predicted octanol–water partition coefficient (Wildman–Crippen LogP) is 3.69. The van der Waals surface area contributed by atoms with Crippen LogP contribution < -0.4 is 10.1 Å². The predicted molar refractivity (Wildman–Crippen MR) is 103 cm³/mol. The molecule has 3 rings (SSSR count). The minimum absolute atomic E-state index is 0.0508. The van der Waals surface area contributed by atoms with E-state index < -0.39 is 0 Å². The molecule has 0 radical (unpaired) electrons. The van der Waals surface area contributed by atoms with Gasteiger partial charge in [-0.3, -0.25) is 4.79 Å². The van der Waals surface area contributed by atoms with E-state index in [2.05, 4.69) is 15.5 Å². The first-order valence-electron chi connectivity index (χ1n) is 8.62. The molecule has 3 aromatic rings. The van der Waals surface area contributed by atoms with E-state index in [1.807, 2.05) is 48.5 Å². The molecule has 0 aliphatic carbocycles. The third-order valence-electron chi connectivity index (χ3n) is 4.01. The van der Waals surface area contributed by atoms with Crippen LogP contribution in [0.3, 0.4) is 0 Å². The van der Waals surface area contributed by atoms with Crippen molar-refractivity contribution in [3.8, 4) is 17.1 Å². The Bertz CT molecular complexity index is 893. The molecule has 1 N–H and O–H groups in total. The second-order valence-electron chi connectivity index (χ2n) is 5.97. The van der Waals surface area contributed by atoms with E-state index in [-0.39, 0.29) is 5.91 Å². The molecule has 2 aromatic carbocycles. The third-order valence-corrected chi connectivity index (χ3v) is 4.26. The van der Waals surface area contributed by atoms with Gasteiger partial charge < -0.3 is 14.6 Å². The van der Waals surface area contributed by atoms with Crippen molar-refractivity contribution in [1.82, 2.24) is 15.5 Å². The molecule has 1 heterocycles. The van der Waals surface area contributed by atoms with Crippen molar-refractivity contribution < 1.29 is 14.1 Å². The number of hydrogen-bond donors (Lipinski definition) is 1. The van der Waals surface area contributed by atoms with Crippen molar-refractivity contribution in [3.63, 3.8) is 0 Å². The Morgan fingerprint density at radius 2 is 2.00 bits per heavy atom. The zero-order valence-electron chi connectivity index (χ0n) is 14.9. The fourth-order valence-electron chi connectivity index (χ4n) is 2.54. The molecule has 0 fully saturated rings. The summed E-state index contributed by atoms with van der Waals surface area (Å²) in [5.74, 6) is 1.58. The van der Waals surface area contributed by atoms with Crippen LogP contribution >= 0.6 is 11.6 Å². The normalized spacial score (nSPS) is 10.6. The molecule has 0 aliphatic rings. The Balaban J connectivity index is 1.45. The smallest absolute Gasteiger partial charge is 0.227 e. The number of ether oxygens (including phenoxy) is 1. The molecule has 0 saturated heterocycles. The zero-order chi connectivity index (χ0) is 19.1. The Labute approximate surface area is 162 Å². The van der Waals surface area contributed by atoms with Gasteiger partial charge in [0.25, 0.3) is 0 Å². The fraction of sp³-hybridized carbons (Fsp3) is 0.250. The minimum atomic E-state index is -0.0508. The van der Waals surface area contributed by atoms with E-state index in [1.165, 1.54) is 0 Å². The highest BCUT2D eigenvalue weighted by Gasteiger charge is 2.11. The quantitative estimate of drug-likeness (QED) is 0.639. The number of carbonyl (C=O) groups is 1. The largest absolute Gasteiger partial charge is 0.497 e. The lowest BCUT2D eigenvalue weighted by molar-refractivity contribution is -0.121. The summed E-state index contributed by atoms with van der Waals surface area (Å²) in [6.07, 6.45) is 1.44. The van der Waals surface area contributed by atoms with Gasteiger partial charge in [0.2, 0.25) is 17.6 Å². The Hall–Kier alpha value is -2.86. The highest BCUT2D eigenvalue weighted by Crippen LogP contribution is 2.21. The molecule has 0 bridgehead atoms. The second-order valence-corrected chi connectivity index (χ2v) is 6.41. The number of amides is 1. The number of aryl methyl sites for hydroxylation is 1. The van der Waals surface area contributed by atoms with Gasteiger partial charge in [-0.05, 0) is 36.2 Å². The van der Waals surface area contributed by atoms with Crippen LogP contribution in [0.5, 0.6) is 5.75 Å². The van der Waals surface area contributed by atoms with E-state index >= 15 is 0 Å². The van der Waals surface area contributed by atoms with Crippen LogP contribution in [0.4, 0.5) is 0 Å². The number of halogens is 1. The van der Waals surface area contributed by atoms with E-state index in [1.54, 1.807) is 7.11 Å². The molecule has 27 heavy (non-hydrogen) atoms. The third kappa shape index (κ3) is 5.56. The highest BCUT2D eigenvalue weighted by atomic mass is 35.5. The molecule has 0 atom stereocenters. The maximum absolute atomic E-state index is 12.0. The van der Waals surface area contributed by atoms with Gasteiger partial charge in [0.1, 0.15) is 5.75 Å². The topological polar surface area (TPSA) is 77.2 Å². The molecule has 1 amide bonds. The highest BCUT2D eigenvalue weighted by molar-refractivity contribution is 6.30. The molecule has 0 saturated carbocycles. The first-order valence-corrected chi connectivity index (χ1v) is 9.00. The summed E-state index contributed by atoms with van der Waals surface area (Å²) in [5, 5.41) is 7.56. The summed E-state index contributed by atoms with van der Waals surface area (Å²) in [7, 11) is 1.60. The Morgan fingerprint density at radius 3 is 2.78 bits per heavy atom. The summed E-state index contributed by atoms with van der Waals surface area (Å²) >= 11 is 5.86. The average Bonchev–Trinajstić information content (AvgIpc) is 3.17. The molecule has 1 aromatic heterocycles. The summed E-state index contributed by atoms with van der Waals surface area (Å²) in [5.41, 5.74) is 1.93. The van der Waals surface area contributed by atoms with Gasteiger partial charge in [0.05, 0.1) is 7.11 Å². The lowest BCUT2D eigenvalue weighted by atomic mass is 10.1. The van der Waals surface area contributed by atoms with Crippen LogP contribution in [0.2, 0.25) is 5.02 Å². The minimum Gasteiger partial charge on any atom is -0.497 e. The maximum atomic E-state index is 12.0. The molecule has 0 aliphatic heterocycles. The van der Waals surface area contributed by atoms with Gasteiger partial charge in [0.15, 0.2) is 0 Å². The second kappa shape index (κ2) is 9.19. The molecule has 6 nitrogen and oxygen atoms in total. The fourth-order valence-corrected chi connectivity index (χ4v) is 2.67. The van der Waals surface area contributed by atoms with Crippen LogP contribution in [0, 0.1) is 0 Å². The van der Waals surface area contributed by atoms with Crippen LogP contribution in [-0.4, -0.2) is 29.7 Å². The Morgan fingerprint density at radius 1 is 1.19 bits per heavy atom. The van der Waals surface area contributed by atoms with Gasteiger partial charge in [-0.15, -0.1) is 0 Å². The molecule has 0 spiro atoms. The molecule has 7 heteroatoms. The molecular formula is C20H20ClN3O3. The number of benzene rings is 2. The van der Waals surface area contributed by atoms with Crippen molar-refractivity contribution in [2.75, 3.05) is 13.7 Å². The number of rotatable bonds is 8. The van der Waals surface area contributed by atoms with Crippen molar-refractivity contribution >= 4 is 17.5 Å². The molecule has 0 unspecified atom stereocenters. The van der Waals surface area contributed by atoms with Crippen molar-refractivity contribution in [1.29, 1.82) is 0 Å². The Kier molecular flexibility index (Phi) is 6.44. The number of aromatic nitrogens is 2. The van der Waals surface area contributed by atoms with Crippen LogP contribution in [0.15, 0.2) is 53.1 Å². The number of hydrogen-bond acceptors (Lipinski definition) is 5. The lowest BCUT2D eigenvalue weighted by Gasteiger charge is -2.04. The summed E-state index contributed by atoms with van der Waals surface area (Å²) in [4.78, 5) is 16.3. The van der Waals surface area contributed by atoms with Gasteiger partial charge in [-0.1, -0.05) is 41.0 Å². The molecular weight excluding hydrogens is 366 g/mol.